The van der Waals surface area contributed by atoms with Gasteiger partial charge in [0, 0.05) is 18.5 Å². The van der Waals surface area contributed by atoms with Crippen molar-refractivity contribution >= 4 is 82.1 Å². The lowest BCUT2D eigenvalue weighted by molar-refractivity contribution is 0.0733. The number of aliphatic imine (C=N–C) groups is 2. The molecule has 5 aromatic carbocycles. The van der Waals surface area contributed by atoms with E-state index in [-0.39, 0.29) is 32.7 Å². The van der Waals surface area contributed by atoms with Gasteiger partial charge in [0.2, 0.25) is 0 Å². The summed E-state index contributed by atoms with van der Waals surface area (Å²) in [6.07, 6.45) is 28.7. The van der Waals surface area contributed by atoms with Crippen molar-refractivity contribution in [3.05, 3.63) is 139 Å². The standard InChI is InChI=1S/C58H68Cl4N2O6/c1-3-5-7-9-11-13-15-17-19-21-35-67-53-33-31-47(37-49(53)59)63-41-43-23-27-45(28-24-43)57(65)69-55-40-56(52(62)39-51(55)61)70-58(66)46-29-25-44(26-30-46)42-64-48-32-34-54(50(60)38-48)68-36-22-20-18-16-14-12-10-8-6-4-2/h23-34,37-42H,3-22,35-36H2,1-2H3. The Morgan fingerprint density at radius 3 is 1.07 bits per heavy atom. The van der Waals surface area contributed by atoms with Crippen molar-refractivity contribution in [3.8, 4) is 23.0 Å². The smallest absolute Gasteiger partial charge is 0.343 e. The molecule has 0 aliphatic heterocycles. The Morgan fingerprint density at radius 1 is 0.400 bits per heavy atom. The van der Waals surface area contributed by atoms with Crippen molar-refractivity contribution in [2.75, 3.05) is 13.2 Å². The van der Waals surface area contributed by atoms with Crippen LogP contribution in [0.4, 0.5) is 11.4 Å². The average molecular weight is 1030 g/mol. The van der Waals surface area contributed by atoms with Crippen molar-refractivity contribution < 1.29 is 28.5 Å². The summed E-state index contributed by atoms with van der Waals surface area (Å²) >= 11 is 25.8. The normalized spacial score (nSPS) is 11.4. The van der Waals surface area contributed by atoms with Gasteiger partial charge in [0.05, 0.1) is 55.8 Å². The Hall–Kier alpha value is -4.86. The van der Waals surface area contributed by atoms with Gasteiger partial charge in [-0.05, 0) is 90.7 Å². The SMILES string of the molecule is CCCCCCCCCCCCOc1ccc(N=Cc2ccc(C(=O)Oc3cc(OC(=O)c4ccc(C=Nc5ccc(OCCCCCCCCCCCC)c(Cl)c5)cc4)c(Cl)cc3Cl)cc2)cc1Cl. The summed E-state index contributed by atoms with van der Waals surface area (Å²) < 4.78 is 23.1. The molecule has 0 saturated carbocycles. The third-order valence-corrected chi connectivity index (χ3v) is 12.9. The van der Waals surface area contributed by atoms with Gasteiger partial charge in [-0.15, -0.1) is 0 Å². The zero-order chi connectivity index (χ0) is 49.8. The third kappa shape index (κ3) is 20.5. The molecule has 0 heterocycles. The van der Waals surface area contributed by atoms with Gasteiger partial charge in [-0.25, -0.2) is 9.59 Å². The van der Waals surface area contributed by atoms with E-state index in [1.54, 1.807) is 73.1 Å². The fourth-order valence-electron chi connectivity index (χ4n) is 7.61. The van der Waals surface area contributed by atoms with E-state index in [2.05, 4.69) is 23.8 Å². The molecule has 12 heteroatoms. The van der Waals surface area contributed by atoms with Crippen molar-refractivity contribution in [1.82, 2.24) is 0 Å². The van der Waals surface area contributed by atoms with Crippen LogP contribution in [0.3, 0.4) is 0 Å². The summed E-state index contributed by atoms with van der Waals surface area (Å²) in [4.78, 5) is 35.4. The molecule has 8 nitrogen and oxygen atoms in total. The lowest BCUT2D eigenvalue weighted by Gasteiger charge is -2.11. The summed E-state index contributed by atoms with van der Waals surface area (Å²) in [6.45, 7) is 5.76. The van der Waals surface area contributed by atoms with Crippen LogP contribution in [0.1, 0.15) is 174 Å². The van der Waals surface area contributed by atoms with Crippen LogP contribution < -0.4 is 18.9 Å². The Labute approximate surface area is 436 Å². The van der Waals surface area contributed by atoms with E-state index in [1.165, 1.54) is 115 Å². The molecule has 5 rings (SSSR count). The first-order valence-corrected chi connectivity index (χ1v) is 26.7. The molecule has 374 valence electrons. The maximum Gasteiger partial charge on any atom is 0.343 e. The maximum absolute atomic E-state index is 13.2. The fourth-order valence-corrected chi connectivity index (χ4v) is 8.53. The number of hydrogen-bond acceptors (Lipinski definition) is 8. The highest BCUT2D eigenvalue weighted by Crippen LogP contribution is 2.37. The van der Waals surface area contributed by atoms with E-state index < -0.39 is 11.9 Å². The molecular formula is C58H68Cl4N2O6. The van der Waals surface area contributed by atoms with Crippen LogP contribution in [0.15, 0.2) is 107 Å². The minimum absolute atomic E-state index is 0.0300. The van der Waals surface area contributed by atoms with E-state index in [0.717, 1.165) is 36.8 Å². The topological polar surface area (TPSA) is 95.8 Å². The highest BCUT2D eigenvalue weighted by molar-refractivity contribution is 6.36. The highest BCUT2D eigenvalue weighted by Gasteiger charge is 2.18. The number of carbonyl (C=O) groups excluding carboxylic acids is 2. The van der Waals surface area contributed by atoms with Crippen molar-refractivity contribution in [1.29, 1.82) is 0 Å². The second kappa shape index (κ2) is 32.2. The van der Waals surface area contributed by atoms with Crippen molar-refractivity contribution in [3.63, 3.8) is 0 Å². The first-order chi connectivity index (χ1) is 34.1. The van der Waals surface area contributed by atoms with Gasteiger partial charge in [-0.2, -0.15) is 0 Å². The predicted molar refractivity (Wildman–Crippen MR) is 291 cm³/mol. The number of halogens is 4. The molecule has 0 bridgehead atoms. The zero-order valence-electron chi connectivity index (χ0n) is 40.8. The minimum atomic E-state index is -0.673. The monoisotopic (exact) mass is 1030 g/mol. The summed E-state index contributed by atoms with van der Waals surface area (Å²) in [5.41, 5.74) is 3.37. The van der Waals surface area contributed by atoms with Crippen molar-refractivity contribution in [2.24, 2.45) is 9.98 Å². The van der Waals surface area contributed by atoms with Crippen LogP contribution >= 0.6 is 46.4 Å². The van der Waals surface area contributed by atoms with Gasteiger partial charge in [0.1, 0.15) is 11.5 Å². The number of esters is 2. The molecule has 0 aliphatic carbocycles. The lowest BCUT2D eigenvalue weighted by atomic mass is 10.1. The molecule has 0 amide bonds. The van der Waals surface area contributed by atoms with Gasteiger partial charge in [0.15, 0.2) is 11.5 Å². The Kier molecular flexibility index (Phi) is 25.8. The molecule has 0 fully saturated rings. The number of carbonyl (C=O) groups is 2. The zero-order valence-corrected chi connectivity index (χ0v) is 43.8. The van der Waals surface area contributed by atoms with E-state index in [0.29, 0.717) is 46.1 Å². The average Bonchev–Trinajstić information content (AvgIpc) is 3.36. The molecule has 0 spiro atoms. The lowest BCUT2D eigenvalue weighted by Crippen LogP contribution is -2.11. The summed E-state index contributed by atoms with van der Waals surface area (Å²) in [6, 6.07) is 27.0. The molecule has 70 heavy (non-hydrogen) atoms. The number of nitrogens with zero attached hydrogens (tertiary/aromatic N) is 2. The molecule has 0 aliphatic rings. The molecule has 0 aromatic heterocycles. The first kappa shape index (κ1) is 56.1. The largest absolute Gasteiger partial charge is 0.492 e. The first-order valence-electron chi connectivity index (χ1n) is 25.2. The third-order valence-electron chi connectivity index (χ3n) is 11.8. The molecule has 0 atom stereocenters. The predicted octanol–water partition coefficient (Wildman–Crippen LogP) is 18.8. The van der Waals surface area contributed by atoms with Crippen LogP contribution in [0.5, 0.6) is 23.0 Å². The Balaban J connectivity index is 1.04. The number of ether oxygens (including phenoxy) is 4. The van der Waals surface area contributed by atoms with Gasteiger partial charge >= 0.3 is 11.9 Å². The molecule has 0 saturated heterocycles. The van der Waals surface area contributed by atoms with Gasteiger partial charge < -0.3 is 18.9 Å². The van der Waals surface area contributed by atoms with Gasteiger partial charge in [-0.3, -0.25) is 9.98 Å². The Bertz CT molecular complexity index is 2260. The number of benzene rings is 5. The highest BCUT2D eigenvalue weighted by atomic mass is 35.5. The van der Waals surface area contributed by atoms with E-state index in [4.69, 9.17) is 65.4 Å². The second-order valence-corrected chi connectivity index (χ2v) is 19.2. The molecule has 0 radical (unpaired) electrons. The van der Waals surface area contributed by atoms with Crippen LogP contribution in [-0.4, -0.2) is 37.6 Å². The number of rotatable bonds is 32. The van der Waals surface area contributed by atoms with Gasteiger partial charge in [0.25, 0.3) is 0 Å². The van der Waals surface area contributed by atoms with E-state index >= 15 is 0 Å². The quantitative estimate of drug-likeness (QED) is 0.0184. The number of unbranched alkanes of at least 4 members (excludes halogenated alkanes) is 18. The van der Waals surface area contributed by atoms with E-state index in [1.807, 2.05) is 24.3 Å². The molecule has 0 N–H and O–H groups in total. The van der Waals surface area contributed by atoms with E-state index in [9.17, 15) is 9.59 Å². The number of hydrogen-bond donors (Lipinski definition) is 0. The van der Waals surface area contributed by atoms with Crippen LogP contribution in [-0.2, 0) is 0 Å². The Morgan fingerprint density at radius 2 is 0.729 bits per heavy atom. The van der Waals surface area contributed by atoms with Crippen molar-refractivity contribution in [2.45, 2.75) is 142 Å². The summed E-state index contributed by atoms with van der Waals surface area (Å²) in [5.74, 6) is -0.122. The van der Waals surface area contributed by atoms with Crippen LogP contribution in [0.2, 0.25) is 20.1 Å². The minimum Gasteiger partial charge on any atom is -0.492 e. The second-order valence-electron chi connectivity index (χ2n) is 17.5. The molecular weight excluding hydrogens is 962 g/mol. The van der Waals surface area contributed by atoms with Gasteiger partial charge in [-0.1, -0.05) is 200 Å². The maximum atomic E-state index is 13.2. The fraction of sp³-hybridized carbons (Fsp3) is 0.414. The van der Waals surface area contributed by atoms with Crippen LogP contribution in [0, 0.1) is 0 Å². The molecule has 0 unspecified atom stereocenters. The summed E-state index contributed by atoms with van der Waals surface area (Å²) in [7, 11) is 0. The van der Waals surface area contributed by atoms with Crippen LogP contribution in [0.25, 0.3) is 0 Å². The summed E-state index contributed by atoms with van der Waals surface area (Å²) in [5, 5.41) is 1.12. The molecule has 5 aromatic rings.